The van der Waals surface area contributed by atoms with E-state index in [-0.39, 0.29) is 19.0 Å². The van der Waals surface area contributed by atoms with Crippen molar-refractivity contribution < 1.29 is 23.8 Å². The lowest BCUT2D eigenvalue weighted by atomic mass is 9.88. The van der Waals surface area contributed by atoms with Gasteiger partial charge in [-0.05, 0) is 48.8 Å². The highest BCUT2D eigenvalue weighted by Gasteiger charge is 2.37. The first-order valence-electron chi connectivity index (χ1n) is 6.50. The number of hydrogen-bond donors (Lipinski definition) is 0. The summed E-state index contributed by atoms with van der Waals surface area (Å²) in [4.78, 5) is 24.0. The molecule has 0 aliphatic heterocycles. The summed E-state index contributed by atoms with van der Waals surface area (Å²) in [6, 6.07) is 5.29. The fourth-order valence-electron chi connectivity index (χ4n) is 1.53. The molecule has 1 aromatic carbocycles. The van der Waals surface area contributed by atoms with E-state index in [1.807, 2.05) is 0 Å². The van der Waals surface area contributed by atoms with Gasteiger partial charge in [-0.3, -0.25) is 9.59 Å². The first-order valence-corrected chi connectivity index (χ1v) is 7.29. The first-order chi connectivity index (χ1) is 9.84. The lowest BCUT2D eigenvalue weighted by Crippen LogP contribution is -2.38. The van der Waals surface area contributed by atoms with E-state index >= 15 is 0 Å². The second kappa shape index (κ2) is 7.45. The molecule has 0 unspecified atom stereocenters. The largest absolute Gasteiger partial charge is 0.493 e. The molecule has 0 amide bonds. The molecule has 0 heterocycles. The molecule has 1 rings (SSSR count). The third-order valence-electron chi connectivity index (χ3n) is 2.98. The van der Waals surface area contributed by atoms with Gasteiger partial charge in [0.25, 0.3) is 0 Å². The average Bonchev–Trinajstić information content (AvgIpc) is 2.45. The normalized spacial score (nSPS) is 10.9. The Morgan fingerprint density at radius 2 is 1.95 bits per heavy atom. The van der Waals surface area contributed by atoms with E-state index in [1.54, 1.807) is 25.1 Å². The van der Waals surface area contributed by atoms with E-state index in [4.69, 9.17) is 14.2 Å². The number of halogens is 1. The van der Waals surface area contributed by atoms with Gasteiger partial charge in [-0.1, -0.05) is 6.07 Å². The van der Waals surface area contributed by atoms with E-state index in [0.29, 0.717) is 16.0 Å². The van der Waals surface area contributed by atoms with Crippen molar-refractivity contribution in [2.45, 2.75) is 20.8 Å². The summed E-state index contributed by atoms with van der Waals surface area (Å²) in [7, 11) is 1.51. The van der Waals surface area contributed by atoms with Crippen molar-refractivity contribution in [3.63, 3.8) is 0 Å². The molecular weight excluding hydrogens is 340 g/mol. The molecule has 116 valence electrons. The van der Waals surface area contributed by atoms with E-state index in [9.17, 15) is 9.59 Å². The number of Topliss-reactive ketones (excluding diaryl/α,β-unsaturated/α-hetero) is 1. The number of ether oxygens (including phenoxy) is 3. The average molecular weight is 359 g/mol. The Hall–Kier alpha value is -1.56. The van der Waals surface area contributed by atoms with Crippen LogP contribution in [0.5, 0.6) is 11.5 Å². The summed E-state index contributed by atoms with van der Waals surface area (Å²) in [5.74, 6) is 0.00979. The Kier molecular flexibility index (Phi) is 6.20. The SMILES string of the molecule is CCOC(=O)C(C)(C)C(=O)COc1c(Br)cccc1OC. The molecule has 0 saturated carbocycles. The number of carbonyl (C=O) groups is 2. The van der Waals surface area contributed by atoms with Gasteiger partial charge in [-0.2, -0.15) is 0 Å². The number of ketones is 1. The van der Waals surface area contributed by atoms with Gasteiger partial charge >= 0.3 is 5.97 Å². The predicted molar refractivity (Wildman–Crippen MR) is 81.6 cm³/mol. The Balaban J connectivity index is 2.80. The zero-order valence-corrected chi connectivity index (χ0v) is 14.2. The molecular formula is C15H19BrO5. The van der Waals surface area contributed by atoms with Crippen LogP contribution in [0.2, 0.25) is 0 Å². The van der Waals surface area contributed by atoms with Crippen molar-refractivity contribution >= 4 is 27.7 Å². The molecule has 0 radical (unpaired) electrons. The lowest BCUT2D eigenvalue weighted by Gasteiger charge is -2.21. The molecule has 6 heteroatoms. The van der Waals surface area contributed by atoms with E-state index in [1.165, 1.54) is 21.0 Å². The maximum absolute atomic E-state index is 12.2. The standard InChI is InChI=1S/C15H19BrO5/c1-5-20-14(18)15(2,3)12(17)9-21-13-10(16)7-6-8-11(13)19-4/h6-8H,5,9H2,1-4H3. The highest BCUT2D eigenvalue weighted by atomic mass is 79.9. The Morgan fingerprint density at radius 1 is 1.29 bits per heavy atom. The smallest absolute Gasteiger partial charge is 0.319 e. The van der Waals surface area contributed by atoms with Crippen LogP contribution in [0.15, 0.2) is 22.7 Å². The maximum atomic E-state index is 12.2. The van der Waals surface area contributed by atoms with Crippen LogP contribution in [-0.4, -0.2) is 32.1 Å². The van der Waals surface area contributed by atoms with Crippen molar-refractivity contribution in [2.24, 2.45) is 5.41 Å². The van der Waals surface area contributed by atoms with Crippen LogP contribution in [0.4, 0.5) is 0 Å². The molecule has 0 atom stereocenters. The second-order valence-corrected chi connectivity index (χ2v) is 5.68. The lowest BCUT2D eigenvalue weighted by molar-refractivity contribution is -0.158. The number of rotatable bonds is 7. The third kappa shape index (κ3) is 4.20. The van der Waals surface area contributed by atoms with Crippen molar-refractivity contribution in [1.82, 2.24) is 0 Å². The van der Waals surface area contributed by atoms with Gasteiger partial charge < -0.3 is 14.2 Å². The fraction of sp³-hybridized carbons (Fsp3) is 0.467. The number of carbonyl (C=O) groups excluding carboxylic acids is 2. The van der Waals surface area contributed by atoms with Crippen molar-refractivity contribution in [3.8, 4) is 11.5 Å². The summed E-state index contributed by atoms with van der Waals surface area (Å²) >= 11 is 3.33. The maximum Gasteiger partial charge on any atom is 0.319 e. The van der Waals surface area contributed by atoms with E-state index < -0.39 is 11.4 Å². The highest BCUT2D eigenvalue weighted by Crippen LogP contribution is 2.35. The van der Waals surface area contributed by atoms with Gasteiger partial charge in [0.1, 0.15) is 12.0 Å². The monoisotopic (exact) mass is 358 g/mol. The molecule has 0 aliphatic carbocycles. The number of para-hydroxylation sites is 1. The molecule has 0 bridgehead atoms. The van der Waals surface area contributed by atoms with Crippen molar-refractivity contribution in [2.75, 3.05) is 20.3 Å². The zero-order chi connectivity index (χ0) is 16.0. The van der Waals surface area contributed by atoms with Crippen LogP contribution < -0.4 is 9.47 Å². The molecule has 1 aromatic rings. The van der Waals surface area contributed by atoms with E-state index in [2.05, 4.69) is 15.9 Å². The molecule has 0 fully saturated rings. The van der Waals surface area contributed by atoms with Crippen molar-refractivity contribution in [3.05, 3.63) is 22.7 Å². The molecule has 5 nitrogen and oxygen atoms in total. The highest BCUT2D eigenvalue weighted by molar-refractivity contribution is 9.10. The molecule has 0 saturated heterocycles. The number of benzene rings is 1. The van der Waals surface area contributed by atoms with Gasteiger partial charge in [0, 0.05) is 0 Å². The number of hydrogen-bond acceptors (Lipinski definition) is 5. The van der Waals surface area contributed by atoms with Crippen molar-refractivity contribution in [1.29, 1.82) is 0 Å². The van der Waals surface area contributed by atoms with Crippen LogP contribution in [0.1, 0.15) is 20.8 Å². The van der Waals surface area contributed by atoms with Crippen LogP contribution in [-0.2, 0) is 14.3 Å². The molecule has 0 spiro atoms. The minimum atomic E-state index is -1.25. The number of esters is 1. The molecule has 0 aromatic heterocycles. The van der Waals surface area contributed by atoms with Crippen LogP contribution >= 0.6 is 15.9 Å². The minimum Gasteiger partial charge on any atom is -0.493 e. The summed E-state index contributed by atoms with van der Waals surface area (Å²) in [6.07, 6.45) is 0. The van der Waals surface area contributed by atoms with Crippen LogP contribution in [0, 0.1) is 5.41 Å². The quantitative estimate of drug-likeness (QED) is 0.553. The summed E-state index contributed by atoms with van der Waals surface area (Å²) in [5, 5.41) is 0. The second-order valence-electron chi connectivity index (χ2n) is 4.83. The van der Waals surface area contributed by atoms with Gasteiger partial charge in [-0.25, -0.2) is 0 Å². The van der Waals surface area contributed by atoms with Crippen LogP contribution in [0.25, 0.3) is 0 Å². The first kappa shape index (κ1) is 17.5. The van der Waals surface area contributed by atoms with Gasteiger partial charge in [0.15, 0.2) is 17.3 Å². The summed E-state index contributed by atoms with van der Waals surface area (Å²) in [5.41, 5.74) is -1.25. The summed E-state index contributed by atoms with van der Waals surface area (Å²) < 4.78 is 16.2. The van der Waals surface area contributed by atoms with Gasteiger partial charge in [0.05, 0.1) is 18.2 Å². The van der Waals surface area contributed by atoms with E-state index in [0.717, 1.165) is 0 Å². The minimum absolute atomic E-state index is 0.231. The topological polar surface area (TPSA) is 61.8 Å². The summed E-state index contributed by atoms with van der Waals surface area (Å²) in [6.45, 7) is 4.72. The van der Waals surface area contributed by atoms with Gasteiger partial charge in [-0.15, -0.1) is 0 Å². The Morgan fingerprint density at radius 3 is 2.52 bits per heavy atom. The fourth-order valence-corrected chi connectivity index (χ4v) is 2.00. The Bertz CT molecular complexity index is 525. The van der Waals surface area contributed by atoms with Gasteiger partial charge in [0.2, 0.25) is 0 Å². The molecule has 0 N–H and O–H groups in total. The number of methoxy groups -OCH3 is 1. The molecule has 21 heavy (non-hydrogen) atoms. The zero-order valence-electron chi connectivity index (χ0n) is 12.6. The molecule has 0 aliphatic rings. The van der Waals surface area contributed by atoms with Crippen LogP contribution in [0.3, 0.4) is 0 Å². The Labute approximate surface area is 132 Å². The predicted octanol–water partition coefficient (Wildman–Crippen LogP) is 2.99. The third-order valence-corrected chi connectivity index (χ3v) is 3.61.